The van der Waals surface area contributed by atoms with Gasteiger partial charge in [0.25, 0.3) is 5.91 Å². The molecule has 2 rings (SSSR count). The summed E-state index contributed by atoms with van der Waals surface area (Å²) in [6.07, 6.45) is 0. The maximum absolute atomic E-state index is 12.0. The van der Waals surface area contributed by atoms with Crippen LogP contribution in [-0.4, -0.2) is 42.8 Å². The van der Waals surface area contributed by atoms with Gasteiger partial charge in [-0.1, -0.05) is 30.3 Å². The molecular formula is C20H23NO6. The molecule has 2 aromatic carbocycles. The molecule has 0 saturated heterocycles. The first-order valence-corrected chi connectivity index (χ1v) is 8.36. The first-order valence-electron chi connectivity index (χ1n) is 8.36. The molecule has 0 aromatic heterocycles. The third-order valence-corrected chi connectivity index (χ3v) is 3.76. The number of hydrogen-bond donors (Lipinski definition) is 2. The van der Waals surface area contributed by atoms with Crippen molar-refractivity contribution in [2.45, 2.75) is 19.1 Å². The average molecular weight is 373 g/mol. The molecule has 144 valence electrons. The number of carboxylic acid groups (broad SMARTS) is 1. The fourth-order valence-electron chi connectivity index (χ4n) is 2.31. The maximum atomic E-state index is 12.0. The van der Waals surface area contributed by atoms with Crippen molar-refractivity contribution in [2.24, 2.45) is 0 Å². The van der Waals surface area contributed by atoms with E-state index in [1.807, 2.05) is 30.3 Å². The van der Waals surface area contributed by atoms with Gasteiger partial charge < -0.3 is 24.6 Å². The number of benzene rings is 2. The van der Waals surface area contributed by atoms with E-state index in [1.54, 1.807) is 24.3 Å². The first kappa shape index (κ1) is 20.3. The largest absolute Gasteiger partial charge is 0.489 e. The third kappa shape index (κ3) is 6.31. The van der Waals surface area contributed by atoms with Crippen LogP contribution in [0.15, 0.2) is 54.6 Å². The quantitative estimate of drug-likeness (QED) is 0.663. The van der Waals surface area contributed by atoms with E-state index in [-0.39, 0.29) is 13.2 Å². The lowest BCUT2D eigenvalue weighted by Crippen LogP contribution is -2.56. The summed E-state index contributed by atoms with van der Waals surface area (Å²) < 4.78 is 15.9. The van der Waals surface area contributed by atoms with E-state index in [4.69, 9.17) is 14.2 Å². The number of rotatable bonds is 10. The second kappa shape index (κ2) is 9.59. The molecule has 7 nitrogen and oxygen atoms in total. The molecule has 1 unspecified atom stereocenters. The van der Waals surface area contributed by atoms with Crippen LogP contribution >= 0.6 is 0 Å². The molecular weight excluding hydrogens is 350 g/mol. The molecule has 0 heterocycles. The number of carboxylic acids is 1. The molecule has 7 heteroatoms. The van der Waals surface area contributed by atoms with E-state index >= 15 is 0 Å². The van der Waals surface area contributed by atoms with Gasteiger partial charge in [-0.2, -0.15) is 0 Å². The van der Waals surface area contributed by atoms with Crippen molar-refractivity contribution in [3.05, 3.63) is 60.2 Å². The average Bonchev–Trinajstić information content (AvgIpc) is 2.66. The molecule has 1 atom stereocenters. The molecule has 0 aliphatic heterocycles. The number of amides is 1. The van der Waals surface area contributed by atoms with Gasteiger partial charge in [0.1, 0.15) is 18.1 Å². The van der Waals surface area contributed by atoms with Crippen molar-refractivity contribution >= 4 is 11.9 Å². The normalized spacial score (nSPS) is 12.7. The lowest BCUT2D eigenvalue weighted by molar-refractivity contribution is -0.149. The van der Waals surface area contributed by atoms with Crippen LogP contribution in [0.2, 0.25) is 0 Å². The fraction of sp³-hybridized carbons (Fsp3) is 0.300. The first-order chi connectivity index (χ1) is 12.9. The molecule has 0 spiro atoms. The highest BCUT2D eigenvalue weighted by atomic mass is 16.5. The molecule has 0 aliphatic rings. The van der Waals surface area contributed by atoms with E-state index in [0.717, 1.165) is 5.56 Å². The van der Waals surface area contributed by atoms with E-state index in [2.05, 4.69) is 5.32 Å². The highest BCUT2D eigenvalue weighted by molar-refractivity contribution is 5.87. The molecule has 0 aliphatic carbocycles. The number of carbonyl (C=O) groups excluding carboxylic acids is 1. The Hall–Kier alpha value is -3.06. The van der Waals surface area contributed by atoms with Gasteiger partial charge in [-0.15, -0.1) is 0 Å². The van der Waals surface area contributed by atoms with Crippen LogP contribution in [-0.2, 0) is 20.9 Å². The Balaban J connectivity index is 1.82. The van der Waals surface area contributed by atoms with E-state index in [1.165, 1.54) is 14.0 Å². The summed E-state index contributed by atoms with van der Waals surface area (Å²) in [5.74, 6) is -0.589. The minimum absolute atomic E-state index is 0.151. The van der Waals surface area contributed by atoms with Crippen LogP contribution in [0.25, 0.3) is 0 Å². The third-order valence-electron chi connectivity index (χ3n) is 3.76. The Kier molecular flexibility index (Phi) is 7.19. The van der Waals surface area contributed by atoms with E-state index in [9.17, 15) is 14.7 Å². The Labute approximate surface area is 157 Å². The molecule has 1 amide bonds. The van der Waals surface area contributed by atoms with Gasteiger partial charge in [0.05, 0.1) is 6.61 Å². The lowest BCUT2D eigenvalue weighted by Gasteiger charge is -2.25. The van der Waals surface area contributed by atoms with Gasteiger partial charge in [-0.3, -0.25) is 4.79 Å². The highest BCUT2D eigenvalue weighted by Gasteiger charge is 2.35. The van der Waals surface area contributed by atoms with Gasteiger partial charge in [-0.25, -0.2) is 4.79 Å². The molecule has 27 heavy (non-hydrogen) atoms. The monoisotopic (exact) mass is 373 g/mol. The number of methoxy groups -OCH3 is 1. The smallest absolute Gasteiger partial charge is 0.331 e. The number of aliphatic carboxylic acids is 1. The minimum atomic E-state index is -1.51. The summed E-state index contributed by atoms with van der Waals surface area (Å²) in [6, 6.07) is 16.6. The lowest BCUT2D eigenvalue weighted by atomic mass is 10.0. The van der Waals surface area contributed by atoms with Crippen molar-refractivity contribution < 1.29 is 28.9 Å². The summed E-state index contributed by atoms with van der Waals surface area (Å²) in [6.45, 7) is 1.37. The highest BCUT2D eigenvalue weighted by Crippen LogP contribution is 2.18. The maximum Gasteiger partial charge on any atom is 0.331 e. The number of hydrogen-bond acceptors (Lipinski definition) is 5. The van der Waals surface area contributed by atoms with Crippen molar-refractivity contribution in [3.8, 4) is 11.5 Å². The Morgan fingerprint density at radius 2 is 1.59 bits per heavy atom. The van der Waals surface area contributed by atoms with Crippen molar-refractivity contribution in [3.63, 3.8) is 0 Å². The van der Waals surface area contributed by atoms with Crippen LogP contribution < -0.4 is 14.8 Å². The predicted molar refractivity (Wildman–Crippen MR) is 98.8 cm³/mol. The Morgan fingerprint density at radius 1 is 1.00 bits per heavy atom. The molecule has 0 bridgehead atoms. The summed E-state index contributed by atoms with van der Waals surface area (Å²) in [5.41, 5.74) is -0.448. The second-order valence-electron chi connectivity index (χ2n) is 6.15. The second-order valence-corrected chi connectivity index (χ2v) is 6.15. The molecule has 2 aromatic rings. The van der Waals surface area contributed by atoms with Crippen LogP contribution in [0.1, 0.15) is 12.5 Å². The SMILES string of the molecule is COCC(C)(NC(=O)COc1ccc(OCc2ccccc2)cc1)C(=O)O. The van der Waals surface area contributed by atoms with Crippen LogP contribution in [0.4, 0.5) is 0 Å². The van der Waals surface area contributed by atoms with Crippen LogP contribution in [0, 0.1) is 0 Å². The summed E-state index contributed by atoms with van der Waals surface area (Å²) in [5, 5.41) is 11.6. The molecule has 0 saturated carbocycles. The van der Waals surface area contributed by atoms with Gasteiger partial charge in [0.15, 0.2) is 12.1 Å². The van der Waals surface area contributed by atoms with E-state index in [0.29, 0.717) is 18.1 Å². The number of nitrogens with one attached hydrogen (secondary N) is 1. The minimum Gasteiger partial charge on any atom is -0.489 e. The van der Waals surface area contributed by atoms with Gasteiger partial charge in [-0.05, 0) is 36.8 Å². The molecule has 0 fully saturated rings. The predicted octanol–water partition coefficient (Wildman–Crippen LogP) is 2.25. The van der Waals surface area contributed by atoms with Gasteiger partial charge >= 0.3 is 5.97 Å². The number of carbonyl (C=O) groups is 2. The summed E-state index contributed by atoms with van der Waals surface area (Å²) in [7, 11) is 1.37. The topological polar surface area (TPSA) is 94.1 Å². The zero-order chi connectivity index (χ0) is 19.7. The Morgan fingerprint density at radius 3 is 2.15 bits per heavy atom. The van der Waals surface area contributed by atoms with Crippen LogP contribution in [0.5, 0.6) is 11.5 Å². The zero-order valence-electron chi connectivity index (χ0n) is 15.3. The standard InChI is InChI=1S/C20H23NO6/c1-20(14-25-2,19(23)24)21-18(22)13-27-17-10-8-16(9-11-17)26-12-15-6-4-3-5-7-15/h3-11H,12-14H2,1-2H3,(H,21,22)(H,23,24). The van der Waals surface area contributed by atoms with Gasteiger partial charge in [0, 0.05) is 7.11 Å². The Bertz CT molecular complexity index is 747. The fourth-order valence-corrected chi connectivity index (χ4v) is 2.31. The summed E-state index contributed by atoms with van der Waals surface area (Å²) >= 11 is 0. The van der Waals surface area contributed by atoms with Crippen molar-refractivity contribution in [1.29, 1.82) is 0 Å². The summed E-state index contributed by atoms with van der Waals surface area (Å²) in [4.78, 5) is 23.2. The van der Waals surface area contributed by atoms with E-state index < -0.39 is 17.4 Å². The van der Waals surface area contributed by atoms with Crippen LogP contribution in [0.3, 0.4) is 0 Å². The molecule has 0 radical (unpaired) electrons. The van der Waals surface area contributed by atoms with Gasteiger partial charge in [0.2, 0.25) is 0 Å². The zero-order valence-corrected chi connectivity index (χ0v) is 15.3. The van der Waals surface area contributed by atoms with Crippen molar-refractivity contribution in [1.82, 2.24) is 5.32 Å². The molecule has 2 N–H and O–H groups in total. The van der Waals surface area contributed by atoms with Crippen molar-refractivity contribution in [2.75, 3.05) is 20.3 Å². The number of ether oxygens (including phenoxy) is 3.